The number of benzene rings is 2. The molecule has 0 radical (unpaired) electrons. The van der Waals surface area contributed by atoms with E-state index >= 15 is 0 Å². The number of hydrogen-bond acceptors (Lipinski definition) is 0. The first kappa shape index (κ1) is 21.2. The van der Waals surface area contributed by atoms with E-state index in [2.05, 4.69) is 0 Å². The van der Waals surface area contributed by atoms with Crippen LogP contribution in [0.1, 0.15) is 58.1 Å². The lowest BCUT2D eigenvalue weighted by molar-refractivity contribution is 0.542. The Morgan fingerprint density at radius 1 is 0.696 bits per heavy atom. The predicted molar refractivity (Wildman–Crippen MR) is 87.6 cm³/mol. The lowest BCUT2D eigenvalue weighted by atomic mass is 10.0. The van der Waals surface area contributed by atoms with Gasteiger partial charge in [-0.15, -0.1) is 0 Å². The molecule has 4 heteroatoms. The fourth-order valence-electron chi connectivity index (χ4n) is 2.02. The van der Waals surface area contributed by atoms with Gasteiger partial charge in [0.1, 0.15) is 23.3 Å². The van der Waals surface area contributed by atoms with Crippen molar-refractivity contribution >= 4 is 0 Å². The first-order valence-electron chi connectivity index (χ1n) is 7.12. The molecule has 128 valence electrons. The van der Waals surface area contributed by atoms with Gasteiger partial charge in [0.05, 0.1) is 0 Å². The molecule has 0 unspecified atom stereocenters. The minimum absolute atomic E-state index is 0. The summed E-state index contributed by atoms with van der Waals surface area (Å²) in [4.78, 5) is 0. The Hall–Kier alpha value is -1.84. The average molecular weight is 328 g/mol. The topological polar surface area (TPSA) is 0 Å². The second kappa shape index (κ2) is 9.33. The van der Waals surface area contributed by atoms with Crippen molar-refractivity contribution in [3.63, 3.8) is 0 Å². The zero-order valence-corrected chi connectivity index (χ0v) is 13.1. The van der Waals surface area contributed by atoms with Gasteiger partial charge >= 0.3 is 0 Å². The first-order chi connectivity index (χ1) is 10.2. The van der Waals surface area contributed by atoms with Crippen LogP contribution in [0, 0.1) is 23.3 Å². The van der Waals surface area contributed by atoms with Crippen LogP contribution in [0.4, 0.5) is 17.6 Å². The van der Waals surface area contributed by atoms with Crippen molar-refractivity contribution in [3.05, 3.63) is 70.8 Å². The van der Waals surface area contributed by atoms with Gasteiger partial charge in [-0.2, -0.15) is 0 Å². The second-order valence-electron chi connectivity index (χ2n) is 5.61. The molecule has 0 saturated heterocycles. The van der Waals surface area contributed by atoms with E-state index in [4.69, 9.17) is 0 Å². The van der Waals surface area contributed by atoms with E-state index in [9.17, 15) is 17.6 Å². The van der Waals surface area contributed by atoms with Gasteiger partial charge in [0.25, 0.3) is 0 Å². The molecular weight excluding hydrogens is 304 g/mol. The van der Waals surface area contributed by atoms with Gasteiger partial charge in [-0.05, 0) is 47.7 Å². The zero-order chi connectivity index (χ0) is 16.9. The van der Waals surface area contributed by atoms with E-state index < -0.39 is 11.6 Å². The maximum atomic E-state index is 12.9. The van der Waals surface area contributed by atoms with Crippen molar-refractivity contribution in [2.45, 2.75) is 47.0 Å². The molecule has 2 aromatic rings. The van der Waals surface area contributed by atoms with E-state index in [1.54, 1.807) is 13.8 Å². The minimum Gasteiger partial charge on any atom is -0.207 e. The summed E-state index contributed by atoms with van der Waals surface area (Å²) >= 11 is 0. The number of hydrogen-bond donors (Lipinski definition) is 0. The van der Waals surface area contributed by atoms with Crippen molar-refractivity contribution < 1.29 is 17.6 Å². The Kier molecular flexibility index (Phi) is 8.59. The van der Waals surface area contributed by atoms with Crippen LogP contribution in [0.15, 0.2) is 36.4 Å². The Balaban J connectivity index is 0.000000403. The Labute approximate surface area is 136 Å². The molecule has 0 aromatic heterocycles. The van der Waals surface area contributed by atoms with Crippen LogP contribution in [0.2, 0.25) is 0 Å². The molecule has 0 heterocycles. The minimum atomic E-state index is -0.458. The summed E-state index contributed by atoms with van der Waals surface area (Å²) in [5, 5.41) is 0. The van der Waals surface area contributed by atoms with Crippen LogP contribution in [-0.4, -0.2) is 0 Å². The largest absolute Gasteiger partial charge is 0.207 e. The molecule has 23 heavy (non-hydrogen) atoms. The van der Waals surface area contributed by atoms with Crippen LogP contribution < -0.4 is 0 Å². The summed E-state index contributed by atoms with van der Waals surface area (Å²) in [7, 11) is 0. The van der Waals surface area contributed by atoms with E-state index in [1.807, 2.05) is 13.8 Å². The van der Waals surface area contributed by atoms with Crippen LogP contribution in [-0.2, 0) is 0 Å². The summed E-state index contributed by atoms with van der Waals surface area (Å²) in [5.74, 6) is -1.70. The van der Waals surface area contributed by atoms with Gasteiger partial charge in [0.15, 0.2) is 0 Å². The first-order valence-corrected chi connectivity index (χ1v) is 7.12. The number of rotatable bonds is 2. The molecule has 0 bridgehead atoms. The third-order valence-corrected chi connectivity index (χ3v) is 3.16. The highest BCUT2D eigenvalue weighted by atomic mass is 19.1. The van der Waals surface area contributed by atoms with Gasteiger partial charge in [-0.1, -0.05) is 41.2 Å². The standard InChI is InChI=1S/2C9H10F2.CH4/c1-6(2)8-5-7(10)3-4-9(8)11;1-6(2)9-7(10)4-3-5-8(9)11;/h2*3-6H,1-2H3;1H4. The Bertz CT molecular complexity index is 599. The Morgan fingerprint density at radius 2 is 1.22 bits per heavy atom. The van der Waals surface area contributed by atoms with Gasteiger partial charge in [-0.25, -0.2) is 17.6 Å². The third-order valence-electron chi connectivity index (χ3n) is 3.16. The fraction of sp³-hybridized carbons (Fsp3) is 0.368. The fourth-order valence-corrected chi connectivity index (χ4v) is 2.02. The number of halogens is 4. The molecule has 0 aliphatic carbocycles. The molecule has 0 aliphatic heterocycles. The van der Waals surface area contributed by atoms with E-state index in [-0.39, 0.29) is 36.5 Å². The van der Waals surface area contributed by atoms with Crippen LogP contribution >= 0.6 is 0 Å². The average Bonchev–Trinajstić information content (AvgIpc) is 2.41. The molecule has 0 aliphatic rings. The van der Waals surface area contributed by atoms with E-state index in [0.717, 1.165) is 12.1 Å². The van der Waals surface area contributed by atoms with Crippen molar-refractivity contribution in [2.75, 3.05) is 0 Å². The van der Waals surface area contributed by atoms with Crippen LogP contribution in [0.25, 0.3) is 0 Å². The smallest absolute Gasteiger partial charge is 0.129 e. The normalized spacial score (nSPS) is 10.2. The van der Waals surface area contributed by atoms with Crippen molar-refractivity contribution in [2.24, 2.45) is 0 Å². The lowest BCUT2D eigenvalue weighted by Gasteiger charge is -2.06. The van der Waals surface area contributed by atoms with Crippen molar-refractivity contribution in [1.82, 2.24) is 0 Å². The molecule has 2 aromatic carbocycles. The SMILES string of the molecule is C.CC(C)c1c(F)cccc1F.CC(C)c1cc(F)ccc1F. The van der Waals surface area contributed by atoms with E-state index in [0.29, 0.717) is 5.56 Å². The highest BCUT2D eigenvalue weighted by Crippen LogP contribution is 2.21. The van der Waals surface area contributed by atoms with Crippen LogP contribution in [0.3, 0.4) is 0 Å². The van der Waals surface area contributed by atoms with Gasteiger partial charge in [0.2, 0.25) is 0 Å². The van der Waals surface area contributed by atoms with Crippen molar-refractivity contribution in [3.8, 4) is 0 Å². The quantitative estimate of drug-likeness (QED) is 0.531. The molecule has 0 nitrogen and oxygen atoms in total. The molecule has 2 rings (SSSR count). The molecule has 0 spiro atoms. The summed E-state index contributed by atoms with van der Waals surface area (Å²) in [6.45, 7) is 7.19. The molecule has 0 amide bonds. The molecule has 0 N–H and O–H groups in total. The summed E-state index contributed by atoms with van der Waals surface area (Å²) in [5.41, 5.74) is 0.609. The summed E-state index contributed by atoms with van der Waals surface area (Å²) in [6, 6.07) is 7.44. The molecule has 0 fully saturated rings. The molecular formula is C19H24F4. The van der Waals surface area contributed by atoms with E-state index in [1.165, 1.54) is 24.3 Å². The predicted octanol–water partition coefficient (Wildman–Crippen LogP) is 6.81. The van der Waals surface area contributed by atoms with Gasteiger partial charge < -0.3 is 0 Å². The summed E-state index contributed by atoms with van der Waals surface area (Å²) < 4.78 is 51.1. The second-order valence-corrected chi connectivity index (χ2v) is 5.61. The van der Waals surface area contributed by atoms with Crippen LogP contribution in [0.5, 0.6) is 0 Å². The Morgan fingerprint density at radius 3 is 1.57 bits per heavy atom. The lowest BCUT2D eigenvalue weighted by Crippen LogP contribution is -1.96. The van der Waals surface area contributed by atoms with Crippen molar-refractivity contribution in [1.29, 1.82) is 0 Å². The maximum absolute atomic E-state index is 12.9. The summed E-state index contributed by atoms with van der Waals surface area (Å²) in [6.07, 6.45) is 0. The highest BCUT2D eigenvalue weighted by Gasteiger charge is 2.10. The zero-order valence-electron chi connectivity index (χ0n) is 13.1. The maximum Gasteiger partial charge on any atom is 0.129 e. The van der Waals surface area contributed by atoms with Gasteiger partial charge in [0, 0.05) is 5.56 Å². The monoisotopic (exact) mass is 328 g/mol. The van der Waals surface area contributed by atoms with Gasteiger partial charge in [-0.3, -0.25) is 0 Å². The highest BCUT2D eigenvalue weighted by molar-refractivity contribution is 5.22. The molecule has 0 atom stereocenters. The third kappa shape index (κ3) is 6.05. The molecule has 0 saturated carbocycles.